The van der Waals surface area contributed by atoms with Crippen molar-refractivity contribution in [3.8, 4) is 0 Å². The molecular weight excluding hydrogens is 421 g/mol. The molecule has 0 aromatic heterocycles. The van der Waals surface area contributed by atoms with Crippen LogP contribution >= 0.6 is 11.6 Å². The van der Waals surface area contributed by atoms with Crippen molar-refractivity contribution in [2.75, 3.05) is 0 Å². The zero-order chi connectivity index (χ0) is 22.3. The summed E-state index contributed by atoms with van der Waals surface area (Å²) in [5.41, 5.74) is -1.48. The predicted molar refractivity (Wildman–Crippen MR) is 105 cm³/mol. The molecule has 0 spiro atoms. The number of nitrogens with one attached hydrogen (secondary N) is 2. The van der Waals surface area contributed by atoms with Crippen LogP contribution in [0.4, 0.5) is 18.0 Å². The molecule has 2 aromatic carbocycles. The topological polar surface area (TPSA) is 78.4 Å². The van der Waals surface area contributed by atoms with Gasteiger partial charge >= 0.3 is 12.2 Å². The van der Waals surface area contributed by atoms with E-state index in [0.717, 1.165) is 5.56 Å². The predicted octanol–water partition coefficient (Wildman–Crippen LogP) is 4.41. The lowest BCUT2D eigenvalue weighted by molar-refractivity contribution is -0.190. The van der Waals surface area contributed by atoms with E-state index in [1.165, 1.54) is 24.3 Å². The van der Waals surface area contributed by atoms with Crippen molar-refractivity contribution < 1.29 is 27.9 Å². The first kappa shape index (κ1) is 22.1. The molecule has 1 aliphatic rings. The third-order valence-corrected chi connectivity index (χ3v) is 5.43. The number of amides is 2. The lowest BCUT2D eigenvalue weighted by atomic mass is 9.76. The van der Waals surface area contributed by atoms with E-state index in [1.54, 1.807) is 24.3 Å². The molecule has 5 nitrogen and oxygen atoms in total. The third kappa shape index (κ3) is 4.15. The van der Waals surface area contributed by atoms with E-state index in [-0.39, 0.29) is 22.1 Å². The Morgan fingerprint density at radius 1 is 1.10 bits per heavy atom. The minimum atomic E-state index is -5.23. The normalized spacial score (nSPS) is 24.3. The Balaban J connectivity index is 2.15. The van der Waals surface area contributed by atoms with Gasteiger partial charge in [-0.05, 0) is 29.2 Å². The van der Waals surface area contributed by atoms with Crippen molar-refractivity contribution in [1.29, 1.82) is 0 Å². The highest BCUT2D eigenvalue weighted by Gasteiger charge is 2.59. The quantitative estimate of drug-likeness (QED) is 0.659. The summed E-state index contributed by atoms with van der Waals surface area (Å²) in [7, 11) is 0. The lowest BCUT2D eigenvalue weighted by Crippen LogP contribution is -2.66. The Kier molecular flexibility index (Phi) is 5.84. The molecule has 30 heavy (non-hydrogen) atoms. The maximum atomic E-state index is 13.5. The number of halogens is 4. The van der Waals surface area contributed by atoms with Crippen LogP contribution in [0.15, 0.2) is 48.5 Å². The Bertz CT molecular complexity index is 945. The van der Waals surface area contributed by atoms with Crippen molar-refractivity contribution in [2.45, 2.75) is 37.7 Å². The van der Waals surface area contributed by atoms with Gasteiger partial charge in [-0.25, -0.2) is 4.79 Å². The summed E-state index contributed by atoms with van der Waals surface area (Å²) in [5.74, 6) is -4.05. The van der Waals surface area contributed by atoms with Crippen LogP contribution in [-0.2, 0) is 10.5 Å². The second-order valence-corrected chi connectivity index (χ2v) is 7.95. The van der Waals surface area contributed by atoms with E-state index >= 15 is 0 Å². The monoisotopic (exact) mass is 440 g/mol. The molecule has 3 unspecified atom stereocenters. The summed E-state index contributed by atoms with van der Waals surface area (Å²) in [6, 6.07) is 9.44. The molecule has 9 heteroatoms. The molecule has 160 valence electrons. The van der Waals surface area contributed by atoms with Crippen LogP contribution in [0.2, 0.25) is 5.02 Å². The van der Waals surface area contributed by atoms with E-state index in [9.17, 15) is 27.9 Å². The average molecular weight is 441 g/mol. The molecule has 0 saturated carbocycles. The number of alkyl halides is 3. The molecule has 0 radical (unpaired) electrons. The fourth-order valence-corrected chi connectivity index (χ4v) is 3.72. The Morgan fingerprint density at radius 2 is 1.67 bits per heavy atom. The summed E-state index contributed by atoms with van der Waals surface area (Å²) >= 11 is 5.83. The van der Waals surface area contributed by atoms with E-state index in [1.807, 2.05) is 13.8 Å². The molecule has 2 amide bonds. The zero-order valence-electron chi connectivity index (χ0n) is 16.1. The first-order valence-corrected chi connectivity index (χ1v) is 9.59. The van der Waals surface area contributed by atoms with Gasteiger partial charge in [-0.2, -0.15) is 13.2 Å². The van der Waals surface area contributed by atoms with Crippen LogP contribution in [0.25, 0.3) is 0 Å². The van der Waals surface area contributed by atoms with Crippen LogP contribution in [0.5, 0.6) is 0 Å². The maximum absolute atomic E-state index is 13.5. The maximum Gasteiger partial charge on any atom is 0.450 e. The summed E-state index contributed by atoms with van der Waals surface area (Å²) in [4.78, 5) is 24.7. The van der Waals surface area contributed by atoms with Gasteiger partial charge in [0.25, 0.3) is 0 Å². The molecule has 1 fully saturated rings. The minimum Gasteiger partial charge on any atom is -0.366 e. The number of aliphatic hydroxyl groups is 1. The van der Waals surface area contributed by atoms with Gasteiger partial charge in [0.1, 0.15) is 5.92 Å². The zero-order valence-corrected chi connectivity index (χ0v) is 16.9. The summed E-state index contributed by atoms with van der Waals surface area (Å²) in [5, 5.41) is 16.0. The number of hydrogen-bond donors (Lipinski definition) is 3. The SMILES string of the molecule is CC(C)c1ccc(C2NC(=O)NC(O)(c3ccc(Cl)cc3)C2C(=O)C(F)(F)F)cc1. The summed E-state index contributed by atoms with van der Waals surface area (Å²) in [6.07, 6.45) is -5.23. The Hall–Kier alpha value is -2.58. The second kappa shape index (κ2) is 7.92. The molecule has 0 bridgehead atoms. The van der Waals surface area contributed by atoms with E-state index < -0.39 is 35.7 Å². The van der Waals surface area contributed by atoms with E-state index in [4.69, 9.17) is 11.6 Å². The molecule has 3 N–H and O–H groups in total. The number of hydrogen-bond acceptors (Lipinski definition) is 3. The van der Waals surface area contributed by atoms with Crippen LogP contribution in [0, 0.1) is 5.92 Å². The van der Waals surface area contributed by atoms with Gasteiger partial charge in [-0.1, -0.05) is 61.8 Å². The number of rotatable bonds is 4. The van der Waals surface area contributed by atoms with E-state index in [0.29, 0.717) is 0 Å². The number of benzene rings is 2. The average Bonchev–Trinajstić information content (AvgIpc) is 2.66. The number of Topliss-reactive ketones (excluding diaryl/α,β-unsaturated/α-hetero) is 1. The van der Waals surface area contributed by atoms with Gasteiger partial charge in [0.2, 0.25) is 5.78 Å². The Labute approximate surface area is 176 Å². The van der Waals surface area contributed by atoms with Gasteiger partial charge in [0.15, 0.2) is 5.72 Å². The van der Waals surface area contributed by atoms with Crippen molar-refractivity contribution >= 4 is 23.4 Å². The van der Waals surface area contributed by atoms with Gasteiger partial charge in [-0.3, -0.25) is 4.79 Å². The molecule has 1 aliphatic heterocycles. The van der Waals surface area contributed by atoms with Gasteiger partial charge < -0.3 is 15.7 Å². The fraction of sp³-hybridized carbons (Fsp3) is 0.333. The lowest BCUT2D eigenvalue weighted by Gasteiger charge is -2.45. The van der Waals surface area contributed by atoms with E-state index in [2.05, 4.69) is 10.6 Å². The van der Waals surface area contributed by atoms with Crippen LogP contribution in [0.3, 0.4) is 0 Å². The number of carbonyl (C=O) groups is 2. The highest BCUT2D eigenvalue weighted by atomic mass is 35.5. The number of carbonyl (C=O) groups excluding carboxylic acids is 2. The first-order chi connectivity index (χ1) is 13.9. The Morgan fingerprint density at radius 3 is 2.17 bits per heavy atom. The van der Waals surface area contributed by atoms with Crippen LogP contribution < -0.4 is 10.6 Å². The van der Waals surface area contributed by atoms with Gasteiger partial charge in [-0.15, -0.1) is 0 Å². The van der Waals surface area contributed by atoms with Crippen molar-refractivity contribution in [1.82, 2.24) is 10.6 Å². The highest BCUT2D eigenvalue weighted by molar-refractivity contribution is 6.30. The van der Waals surface area contributed by atoms with Crippen molar-refractivity contribution in [3.63, 3.8) is 0 Å². The van der Waals surface area contributed by atoms with Gasteiger partial charge in [0.05, 0.1) is 6.04 Å². The molecule has 3 rings (SSSR count). The van der Waals surface area contributed by atoms with Crippen molar-refractivity contribution in [2.24, 2.45) is 5.92 Å². The molecule has 3 atom stereocenters. The highest BCUT2D eigenvalue weighted by Crippen LogP contribution is 2.43. The van der Waals surface area contributed by atoms with Crippen LogP contribution in [-0.4, -0.2) is 23.1 Å². The summed E-state index contributed by atoms with van der Waals surface area (Å²) in [6.45, 7) is 3.91. The smallest absolute Gasteiger partial charge is 0.366 e. The fourth-order valence-electron chi connectivity index (χ4n) is 3.59. The number of ketones is 1. The largest absolute Gasteiger partial charge is 0.450 e. The minimum absolute atomic E-state index is 0.0897. The molecule has 1 heterocycles. The van der Waals surface area contributed by atoms with Crippen LogP contribution in [0.1, 0.15) is 42.5 Å². The van der Waals surface area contributed by atoms with Crippen molar-refractivity contribution in [3.05, 3.63) is 70.2 Å². The summed E-state index contributed by atoms with van der Waals surface area (Å²) < 4.78 is 40.5. The molecule has 0 aliphatic carbocycles. The molecular formula is C21H20ClF3N2O3. The third-order valence-electron chi connectivity index (χ3n) is 5.18. The first-order valence-electron chi connectivity index (χ1n) is 9.21. The molecule has 2 aromatic rings. The van der Waals surface area contributed by atoms with Gasteiger partial charge in [0, 0.05) is 10.6 Å². The molecule has 1 saturated heterocycles. The standard InChI is InChI=1S/C21H20ClF3N2O3/c1-11(2)12-3-5-13(6-4-12)17-16(18(28)21(23,24)25)20(30,27-19(29)26-17)14-7-9-15(22)10-8-14/h3-11,16-17,30H,1-2H3,(H2,26,27,29). The number of urea groups is 1. The second-order valence-electron chi connectivity index (χ2n) is 7.51.